The van der Waals surface area contributed by atoms with E-state index in [9.17, 15) is 14.4 Å². The number of hydrogen-bond acceptors (Lipinski definition) is 5. The van der Waals surface area contributed by atoms with Crippen molar-refractivity contribution < 1.29 is 14.3 Å². The lowest BCUT2D eigenvalue weighted by molar-refractivity contribution is 0.0841. The summed E-state index contributed by atoms with van der Waals surface area (Å²) in [7, 11) is 0. The Morgan fingerprint density at radius 2 is 1.62 bits per heavy atom. The third-order valence-corrected chi connectivity index (χ3v) is 4.25. The lowest BCUT2D eigenvalue weighted by Gasteiger charge is -2.14. The van der Waals surface area contributed by atoms with Gasteiger partial charge in [-0.15, -0.1) is 0 Å². The summed E-state index contributed by atoms with van der Waals surface area (Å²) in [6.45, 7) is 5.83. The van der Waals surface area contributed by atoms with Gasteiger partial charge in [0.05, 0.1) is 23.6 Å². The van der Waals surface area contributed by atoms with Gasteiger partial charge >= 0.3 is 0 Å². The number of hydrazine groups is 1. The number of aromatic nitrogens is 2. The van der Waals surface area contributed by atoms with E-state index in [4.69, 9.17) is 4.74 Å². The Morgan fingerprint density at radius 3 is 2.31 bits per heavy atom. The molecule has 0 bridgehead atoms. The van der Waals surface area contributed by atoms with E-state index in [1.165, 1.54) is 4.68 Å². The van der Waals surface area contributed by atoms with E-state index in [0.717, 1.165) is 0 Å². The second-order valence-electron chi connectivity index (χ2n) is 6.58. The summed E-state index contributed by atoms with van der Waals surface area (Å²) in [5.74, 6) is -0.736. The van der Waals surface area contributed by atoms with Crippen molar-refractivity contribution in [1.29, 1.82) is 0 Å². The van der Waals surface area contributed by atoms with Crippen molar-refractivity contribution in [2.24, 2.45) is 0 Å². The molecule has 2 aromatic carbocycles. The zero-order valence-corrected chi connectivity index (χ0v) is 16.4. The fourth-order valence-corrected chi connectivity index (χ4v) is 2.90. The van der Waals surface area contributed by atoms with Crippen LogP contribution < -0.4 is 21.1 Å². The minimum Gasteiger partial charge on any atom is -0.493 e. The van der Waals surface area contributed by atoms with Crippen molar-refractivity contribution in [3.05, 3.63) is 70.1 Å². The van der Waals surface area contributed by atoms with Gasteiger partial charge in [0.25, 0.3) is 17.4 Å². The molecule has 0 radical (unpaired) electrons. The van der Waals surface area contributed by atoms with Gasteiger partial charge < -0.3 is 4.74 Å². The van der Waals surface area contributed by atoms with Crippen LogP contribution in [-0.2, 0) is 0 Å². The highest BCUT2D eigenvalue weighted by Gasteiger charge is 2.19. The molecule has 0 aliphatic heterocycles. The molecule has 0 atom stereocenters. The van der Waals surface area contributed by atoms with Gasteiger partial charge in [-0.1, -0.05) is 30.3 Å². The molecule has 2 N–H and O–H groups in total. The normalized spacial score (nSPS) is 10.8. The summed E-state index contributed by atoms with van der Waals surface area (Å²) in [5.41, 5.74) is 4.81. The van der Waals surface area contributed by atoms with E-state index in [0.29, 0.717) is 28.7 Å². The topological polar surface area (TPSA) is 102 Å². The van der Waals surface area contributed by atoms with E-state index in [-0.39, 0.29) is 17.3 Å². The Kier molecular flexibility index (Phi) is 5.92. The molecule has 2 amide bonds. The predicted octanol–water partition coefficient (Wildman–Crippen LogP) is 2.45. The van der Waals surface area contributed by atoms with E-state index >= 15 is 0 Å². The molecule has 3 rings (SSSR count). The number of hydrogen-bond donors (Lipinski definition) is 2. The van der Waals surface area contributed by atoms with Crippen molar-refractivity contribution in [3.8, 4) is 5.75 Å². The van der Waals surface area contributed by atoms with Crippen LogP contribution in [0.3, 0.4) is 0 Å². The van der Waals surface area contributed by atoms with Gasteiger partial charge in [0.15, 0.2) is 5.69 Å². The van der Waals surface area contributed by atoms with E-state index in [1.54, 1.807) is 62.4 Å². The fourth-order valence-electron chi connectivity index (χ4n) is 2.90. The van der Waals surface area contributed by atoms with Gasteiger partial charge in [-0.25, -0.2) is 4.68 Å². The molecule has 0 saturated heterocycles. The predicted molar refractivity (Wildman–Crippen MR) is 109 cm³/mol. The molecule has 8 nitrogen and oxygen atoms in total. The lowest BCUT2D eigenvalue weighted by Crippen LogP contribution is -2.43. The molecule has 0 saturated carbocycles. The molecule has 0 fully saturated rings. The van der Waals surface area contributed by atoms with Crippen LogP contribution in [0.5, 0.6) is 5.75 Å². The van der Waals surface area contributed by atoms with E-state index in [2.05, 4.69) is 16.0 Å². The van der Waals surface area contributed by atoms with Crippen molar-refractivity contribution in [2.45, 2.75) is 26.8 Å². The maximum Gasteiger partial charge on any atom is 0.290 e. The SMILES string of the molecule is CCOc1ccccc1C(=O)NNC(=O)c1nn(C(C)C)c(=O)c2ccccc12. The number of rotatable bonds is 5. The molecule has 3 aromatic rings. The Hall–Kier alpha value is -3.68. The third kappa shape index (κ3) is 4.11. The monoisotopic (exact) mass is 394 g/mol. The number of ether oxygens (including phenoxy) is 1. The van der Waals surface area contributed by atoms with Crippen LogP contribution in [0, 0.1) is 0 Å². The zero-order valence-electron chi connectivity index (χ0n) is 16.4. The molecular weight excluding hydrogens is 372 g/mol. The first-order valence-corrected chi connectivity index (χ1v) is 9.28. The van der Waals surface area contributed by atoms with Crippen LogP contribution in [-0.4, -0.2) is 28.2 Å². The first-order valence-electron chi connectivity index (χ1n) is 9.28. The third-order valence-electron chi connectivity index (χ3n) is 4.25. The largest absolute Gasteiger partial charge is 0.493 e. The molecule has 8 heteroatoms. The smallest absolute Gasteiger partial charge is 0.290 e. The van der Waals surface area contributed by atoms with E-state index in [1.807, 2.05) is 6.92 Å². The summed E-state index contributed by atoms with van der Waals surface area (Å²) in [6.07, 6.45) is 0. The minimum absolute atomic E-state index is 0.0484. The summed E-state index contributed by atoms with van der Waals surface area (Å²) in [4.78, 5) is 37.8. The molecular formula is C21H22N4O4. The van der Waals surface area contributed by atoms with Crippen LogP contribution in [0.15, 0.2) is 53.3 Å². The number of amides is 2. The summed E-state index contributed by atoms with van der Waals surface area (Å²) in [6, 6.07) is 13.2. The maximum atomic E-state index is 12.8. The van der Waals surface area contributed by atoms with Crippen LogP contribution in [0.4, 0.5) is 0 Å². The quantitative estimate of drug-likeness (QED) is 0.647. The first kappa shape index (κ1) is 20.1. The van der Waals surface area contributed by atoms with Gasteiger partial charge in [-0.2, -0.15) is 5.10 Å². The van der Waals surface area contributed by atoms with Crippen LogP contribution in [0.25, 0.3) is 10.8 Å². The van der Waals surface area contributed by atoms with Crippen LogP contribution in [0.1, 0.15) is 47.7 Å². The summed E-state index contributed by atoms with van der Waals surface area (Å²) in [5, 5.41) is 5.01. The minimum atomic E-state index is -0.627. The highest BCUT2D eigenvalue weighted by Crippen LogP contribution is 2.18. The van der Waals surface area contributed by atoms with Crippen molar-refractivity contribution in [3.63, 3.8) is 0 Å². The highest BCUT2D eigenvalue weighted by molar-refractivity contribution is 6.06. The Bertz CT molecular complexity index is 1120. The second-order valence-corrected chi connectivity index (χ2v) is 6.58. The summed E-state index contributed by atoms with van der Waals surface area (Å²) >= 11 is 0. The van der Waals surface area contributed by atoms with Gasteiger partial charge in [-0.05, 0) is 39.0 Å². The molecule has 1 aromatic heterocycles. The first-order chi connectivity index (χ1) is 13.9. The Labute approximate surface area is 167 Å². The number of nitrogens with zero attached hydrogens (tertiary/aromatic N) is 2. The van der Waals surface area contributed by atoms with Gasteiger partial charge in [0.2, 0.25) is 0 Å². The van der Waals surface area contributed by atoms with E-state index < -0.39 is 11.8 Å². The average Bonchev–Trinajstić information content (AvgIpc) is 2.72. The number of carbonyl (C=O) groups is 2. The van der Waals surface area contributed by atoms with Gasteiger partial charge in [0.1, 0.15) is 5.75 Å². The number of para-hydroxylation sites is 1. The number of carbonyl (C=O) groups excluding carboxylic acids is 2. The lowest BCUT2D eigenvalue weighted by atomic mass is 10.1. The van der Waals surface area contributed by atoms with Crippen molar-refractivity contribution >= 4 is 22.6 Å². The molecule has 0 aliphatic rings. The second kappa shape index (κ2) is 8.55. The molecule has 0 spiro atoms. The van der Waals surface area contributed by atoms with Crippen LogP contribution in [0.2, 0.25) is 0 Å². The van der Waals surface area contributed by atoms with Crippen LogP contribution >= 0.6 is 0 Å². The Morgan fingerprint density at radius 1 is 1.00 bits per heavy atom. The number of nitrogens with one attached hydrogen (secondary N) is 2. The molecule has 0 unspecified atom stereocenters. The van der Waals surface area contributed by atoms with Gasteiger partial charge in [-0.3, -0.25) is 25.2 Å². The Balaban J connectivity index is 1.88. The average molecular weight is 394 g/mol. The number of fused-ring (bicyclic) bond motifs is 1. The maximum absolute atomic E-state index is 12.8. The van der Waals surface area contributed by atoms with Crippen molar-refractivity contribution in [1.82, 2.24) is 20.6 Å². The standard InChI is InChI=1S/C21H22N4O4/c1-4-29-17-12-8-7-11-16(17)19(26)22-23-20(27)18-14-9-5-6-10-15(14)21(28)25(24-18)13(2)3/h5-13H,4H2,1-3H3,(H,22,26)(H,23,27). The molecule has 0 aliphatic carbocycles. The molecule has 150 valence electrons. The highest BCUT2D eigenvalue weighted by atomic mass is 16.5. The fraction of sp³-hybridized carbons (Fsp3) is 0.238. The number of benzene rings is 2. The summed E-state index contributed by atoms with van der Waals surface area (Å²) < 4.78 is 6.69. The molecule has 29 heavy (non-hydrogen) atoms. The van der Waals surface area contributed by atoms with Crippen molar-refractivity contribution in [2.75, 3.05) is 6.61 Å². The zero-order chi connectivity index (χ0) is 21.0. The molecule has 1 heterocycles. The van der Waals surface area contributed by atoms with Gasteiger partial charge in [0, 0.05) is 5.39 Å².